The summed E-state index contributed by atoms with van der Waals surface area (Å²) < 4.78 is 10.7. The Hall–Kier alpha value is -2.08. The Labute approximate surface area is 128 Å². The number of carbonyl (C=O) groups is 2. The van der Waals surface area contributed by atoms with Crippen LogP contribution in [0.1, 0.15) is 18.4 Å². The Morgan fingerprint density at radius 2 is 1.95 bits per heavy atom. The fraction of sp³-hybridized carbons (Fsp3) is 0.500. The van der Waals surface area contributed by atoms with E-state index in [1.54, 1.807) is 19.2 Å². The minimum absolute atomic E-state index is 0.324. The Morgan fingerprint density at radius 1 is 1.27 bits per heavy atom. The molecular formula is C16H18NO5-. The lowest BCUT2D eigenvalue weighted by atomic mass is 9.78. The molecule has 2 aliphatic heterocycles. The highest BCUT2D eigenvalue weighted by molar-refractivity contribution is 5.96. The summed E-state index contributed by atoms with van der Waals surface area (Å²) >= 11 is 0. The average molecular weight is 304 g/mol. The topological polar surface area (TPSA) is 87.7 Å². The van der Waals surface area contributed by atoms with Gasteiger partial charge >= 0.3 is 0 Å². The van der Waals surface area contributed by atoms with Crippen molar-refractivity contribution in [2.75, 3.05) is 12.4 Å². The van der Waals surface area contributed by atoms with Crippen molar-refractivity contribution in [2.45, 2.75) is 32.0 Å². The number of anilines is 1. The monoisotopic (exact) mass is 304 g/mol. The van der Waals surface area contributed by atoms with E-state index in [0.29, 0.717) is 24.3 Å². The molecule has 118 valence electrons. The molecule has 2 fully saturated rings. The lowest BCUT2D eigenvalue weighted by Crippen LogP contribution is -2.46. The van der Waals surface area contributed by atoms with Crippen molar-refractivity contribution >= 4 is 17.6 Å². The van der Waals surface area contributed by atoms with Gasteiger partial charge in [0.25, 0.3) is 0 Å². The molecule has 0 saturated carbocycles. The molecule has 1 aromatic rings. The maximum atomic E-state index is 12.5. The van der Waals surface area contributed by atoms with Crippen LogP contribution >= 0.6 is 0 Å². The molecular weight excluding hydrogens is 286 g/mol. The normalized spacial score (nSPS) is 29.4. The van der Waals surface area contributed by atoms with Crippen molar-refractivity contribution in [1.82, 2.24) is 0 Å². The van der Waals surface area contributed by atoms with Gasteiger partial charge in [0, 0.05) is 17.6 Å². The number of hydrogen-bond donors (Lipinski definition) is 1. The van der Waals surface area contributed by atoms with Crippen LogP contribution in [0.4, 0.5) is 5.69 Å². The van der Waals surface area contributed by atoms with Gasteiger partial charge in [-0.15, -0.1) is 0 Å². The van der Waals surface area contributed by atoms with Crippen molar-refractivity contribution in [3.8, 4) is 5.75 Å². The maximum absolute atomic E-state index is 12.5. The second-order valence-corrected chi connectivity index (χ2v) is 5.83. The Morgan fingerprint density at radius 3 is 2.55 bits per heavy atom. The van der Waals surface area contributed by atoms with Gasteiger partial charge in [0.1, 0.15) is 5.75 Å². The highest BCUT2D eigenvalue weighted by atomic mass is 16.5. The molecule has 1 amide bonds. The number of fused-ring (bicyclic) bond motifs is 2. The number of benzene rings is 1. The number of ether oxygens (including phenoxy) is 2. The molecule has 0 aliphatic carbocycles. The molecule has 0 aromatic heterocycles. The first kappa shape index (κ1) is 14.8. The van der Waals surface area contributed by atoms with Crippen LogP contribution in [0.2, 0.25) is 0 Å². The number of carboxylic acids is 1. The number of aryl methyl sites for hydroxylation is 1. The molecule has 1 N–H and O–H groups in total. The third-order valence-corrected chi connectivity index (χ3v) is 4.54. The van der Waals surface area contributed by atoms with E-state index in [2.05, 4.69) is 5.32 Å². The summed E-state index contributed by atoms with van der Waals surface area (Å²) in [7, 11) is 1.57. The number of carboxylic acid groups (broad SMARTS) is 1. The van der Waals surface area contributed by atoms with E-state index in [1.807, 2.05) is 13.0 Å². The summed E-state index contributed by atoms with van der Waals surface area (Å²) in [5.41, 5.74) is 1.49. The number of hydrogen-bond acceptors (Lipinski definition) is 5. The summed E-state index contributed by atoms with van der Waals surface area (Å²) in [5.74, 6) is -2.39. The third-order valence-electron chi connectivity index (χ3n) is 4.54. The standard InChI is InChI=1S/C16H19NO5/c1-8-7-9(21-2)3-4-10(8)17-15(18)13-11-5-6-12(22-11)14(13)16(19)20/h3-4,7,11-14H,5-6H2,1-2H3,(H,17,18)(H,19,20)/p-1/t11-,12+,13-,14-/m0/s1. The quantitative estimate of drug-likeness (QED) is 0.874. The number of amides is 1. The van der Waals surface area contributed by atoms with E-state index < -0.39 is 23.9 Å². The second kappa shape index (κ2) is 5.61. The van der Waals surface area contributed by atoms with E-state index in [1.165, 1.54) is 0 Å². The first-order valence-corrected chi connectivity index (χ1v) is 7.33. The largest absolute Gasteiger partial charge is 0.550 e. The van der Waals surface area contributed by atoms with Crippen molar-refractivity contribution in [1.29, 1.82) is 0 Å². The number of methoxy groups -OCH3 is 1. The van der Waals surface area contributed by atoms with Gasteiger partial charge in [-0.25, -0.2) is 0 Å². The summed E-state index contributed by atoms with van der Waals surface area (Å²) in [6.07, 6.45) is 0.664. The smallest absolute Gasteiger partial charge is 0.230 e. The van der Waals surface area contributed by atoms with Gasteiger partial charge in [0.2, 0.25) is 5.91 Å². The summed E-state index contributed by atoms with van der Waals surface area (Å²) in [6, 6.07) is 5.30. The lowest BCUT2D eigenvalue weighted by Gasteiger charge is -2.27. The molecule has 0 unspecified atom stereocenters. The summed E-state index contributed by atoms with van der Waals surface area (Å²) in [5, 5.41) is 14.1. The van der Waals surface area contributed by atoms with E-state index in [-0.39, 0.29) is 12.0 Å². The van der Waals surface area contributed by atoms with Gasteiger partial charge in [-0.2, -0.15) is 0 Å². The number of aliphatic carboxylic acids is 1. The minimum atomic E-state index is -1.21. The second-order valence-electron chi connectivity index (χ2n) is 5.83. The van der Waals surface area contributed by atoms with Gasteiger partial charge in [0.05, 0.1) is 25.2 Å². The van der Waals surface area contributed by atoms with Crippen LogP contribution < -0.4 is 15.2 Å². The van der Waals surface area contributed by atoms with Crippen molar-refractivity contribution in [3.63, 3.8) is 0 Å². The fourth-order valence-electron chi connectivity index (χ4n) is 3.43. The molecule has 22 heavy (non-hydrogen) atoms. The predicted molar refractivity (Wildman–Crippen MR) is 76.2 cm³/mol. The van der Waals surface area contributed by atoms with Gasteiger partial charge in [0.15, 0.2) is 0 Å². The lowest BCUT2D eigenvalue weighted by molar-refractivity contribution is -0.313. The molecule has 4 atom stereocenters. The summed E-state index contributed by atoms with van der Waals surface area (Å²) in [6.45, 7) is 1.85. The maximum Gasteiger partial charge on any atom is 0.230 e. The Bertz CT molecular complexity index is 615. The number of carbonyl (C=O) groups excluding carboxylic acids is 2. The molecule has 1 aromatic carbocycles. The molecule has 0 spiro atoms. The molecule has 0 radical (unpaired) electrons. The van der Waals surface area contributed by atoms with Gasteiger partial charge in [-0.1, -0.05) is 0 Å². The first-order valence-electron chi connectivity index (χ1n) is 7.33. The van der Waals surface area contributed by atoms with E-state index in [0.717, 1.165) is 5.56 Å². The van der Waals surface area contributed by atoms with E-state index >= 15 is 0 Å². The number of rotatable bonds is 4. The van der Waals surface area contributed by atoms with Gasteiger partial charge < -0.3 is 24.7 Å². The van der Waals surface area contributed by atoms with Crippen LogP contribution in [0.15, 0.2) is 18.2 Å². The van der Waals surface area contributed by atoms with Gasteiger partial charge in [-0.3, -0.25) is 4.79 Å². The molecule has 2 bridgehead atoms. The molecule has 2 aliphatic rings. The Kier molecular flexibility index (Phi) is 3.78. The van der Waals surface area contributed by atoms with Crippen LogP contribution in [0, 0.1) is 18.8 Å². The van der Waals surface area contributed by atoms with Crippen LogP contribution in [-0.4, -0.2) is 31.2 Å². The summed E-state index contributed by atoms with van der Waals surface area (Å²) in [4.78, 5) is 23.8. The van der Waals surface area contributed by atoms with E-state index in [9.17, 15) is 14.7 Å². The molecule has 2 heterocycles. The fourth-order valence-corrected chi connectivity index (χ4v) is 3.43. The van der Waals surface area contributed by atoms with Crippen LogP contribution in [0.5, 0.6) is 5.75 Å². The zero-order chi connectivity index (χ0) is 15.9. The minimum Gasteiger partial charge on any atom is -0.550 e. The highest BCUT2D eigenvalue weighted by Crippen LogP contribution is 2.43. The zero-order valence-corrected chi connectivity index (χ0v) is 12.5. The average Bonchev–Trinajstić information content (AvgIpc) is 3.09. The Balaban J connectivity index is 1.78. The molecule has 6 heteroatoms. The third kappa shape index (κ3) is 2.43. The molecule has 6 nitrogen and oxygen atoms in total. The van der Waals surface area contributed by atoms with Crippen LogP contribution in [0.3, 0.4) is 0 Å². The molecule has 2 saturated heterocycles. The highest BCUT2D eigenvalue weighted by Gasteiger charge is 2.52. The predicted octanol–water partition coefficient (Wildman–Crippen LogP) is 0.486. The van der Waals surface area contributed by atoms with E-state index in [4.69, 9.17) is 9.47 Å². The van der Waals surface area contributed by atoms with Crippen LogP contribution in [-0.2, 0) is 14.3 Å². The first-order chi connectivity index (χ1) is 10.5. The molecule has 3 rings (SSSR count). The zero-order valence-electron chi connectivity index (χ0n) is 12.5. The number of nitrogens with one attached hydrogen (secondary N) is 1. The van der Waals surface area contributed by atoms with Crippen molar-refractivity contribution in [3.05, 3.63) is 23.8 Å². The van der Waals surface area contributed by atoms with Gasteiger partial charge in [-0.05, 0) is 43.5 Å². The van der Waals surface area contributed by atoms with Crippen LogP contribution in [0.25, 0.3) is 0 Å². The SMILES string of the molecule is COc1ccc(NC(=O)[C@@H]2[C@@H](C(=O)[O-])[C@H]3CC[C@@H]2O3)c(C)c1. The van der Waals surface area contributed by atoms with Crippen molar-refractivity contribution < 1.29 is 24.2 Å². The van der Waals surface area contributed by atoms with Crippen molar-refractivity contribution in [2.24, 2.45) is 11.8 Å².